The number of hydrogen-bond donors (Lipinski definition) is 1. The van der Waals surface area contributed by atoms with E-state index in [4.69, 9.17) is 27.9 Å². The second-order valence-electron chi connectivity index (χ2n) is 8.96. The third-order valence-electron chi connectivity index (χ3n) is 6.51. The lowest BCUT2D eigenvalue weighted by Crippen LogP contribution is -2.42. The number of halogens is 3. The van der Waals surface area contributed by atoms with Crippen molar-refractivity contribution in [3.63, 3.8) is 0 Å². The van der Waals surface area contributed by atoms with Crippen molar-refractivity contribution in [2.24, 2.45) is 0 Å². The maximum absolute atomic E-state index is 14.3. The monoisotopic (exact) mass is 530 g/mol. The number of benzene rings is 2. The van der Waals surface area contributed by atoms with E-state index in [1.165, 1.54) is 24.4 Å². The summed E-state index contributed by atoms with van der Waals surface area (Å²) >= 11 is 12.7. The smallest absolute Gasteiger partial charge is 0.268 e. The first-order valence-corrected chi connectivity index (χ1v) is 12.3. The summed E-state index contributed by atoms with van der Waals surface area (Å²) in [5.74, 6) is -0.771. The molecule has 0 spiro atoms. The van der Waals surface area contributed by atoms with Crippen molar-refractivity contribution >= 4 is 52.1 Å². The topological polar surface area (TPSA) is 73.8 Å². The van der Waals surface area contributed by atoms with Gasteiger partial charge in [-0.1, -0.05) is 29.3 Å². The molecule has 11 heteroatoms. The number of hydrogen-bond acceptors (Lipinski definition) is 7. The molecule has 0 radical (unpaired) electrons. The summed E-state index contributed by atoms with van der Waals surface area (Å²) in [7, 11) is 4.23. The largest absolute Gasteiger partial charge is 0.455 e. The number of ether oxygens (including phenoxy) is 1. The summed E-state index contributed by atoms with van der Waals surface area (Å²) in [4.78, 5) is 27.2. The van der Waals surface area contributed by atoms with Crippen LogP contribution in [-0.2, 0) is 0 Å². The molecule has 1 aromatic heterocycles. The van der Waals surface area contributed by atoms with Crippen molar-refractivity contribution in [1.82, 2.24) is 14.9 Å². The van der Waals surface area contributed by atoms with Crippen LogP contribution in [0.3, 0.4) is 0 Å². The third-order valence-corrected chi connectivity index (χ3v) is 7.11. The van der Waals surface area contributed by atoms with E-state index in [2.05, 4.69) is 39.2 Å². The quantitative estimate of drug-likeness (QED) is 0.486. The Kier molecular flexibility index (Phi) is 6.87. The molecule has 2 aliphatic heterocycles. The van der Waals surface area contributed by atoms with Crippen LogP contribution in [0.5, 0.6) is 5.88 Å². The molecule has 5 rings (SSSR count). The Morgan fingerprint density at radius 2 is 1.92 bits per heavy atom. The third kappa shape index (κ3) is 4.78. The molecule has 3 aromatic rings. The lowest BCUT2D eigenvalue weighted by Gasteiger charge is -2.36. The maximum Gasteiger partial charge on any atom is 0.268 e. The molecular weight excluding hydrogens is 506 g/mol. The van der Waals surface area contributed by atoms with Gasteiger partial charge in [0, 0.05) is 31.0 Å². The van der Waals surface area contributed by atoms with Gasteiger partial charge in [0.2, 0.25) is 11.8 Å². The van der Waals surface area contributed by atoms with E-state index in [1.807, 2.05) is 18.2 Å². The van der Waals surface area contributed by atoms with Crippen LogP contribution in [0.25, 0.3) is 0 Å². The van der Waals surface area contributed by atoms with Crippen LogP contribution in [0.2, 0.25) is 10.0 Å². The Balaban J connectivity index is 1.29. The minimum atomic E-state index is -0.621. The van der Waals surface area contributed by atoms with Crippen molar-refractivity contribution in [2.75, 3.05) is 49.0 Å². The van der Waals surface area contributed by atoms with Crippen molar-refractivity contribution in [3.05, 3.63) is 64.0 Å². The molecule has 1 N–H and O–H groups in total. The Hall–Kier alpha value is -3.14. The summed E-state index contributed by atoms with van der Waals surface area (Å²) < 4.78 is 20.0. The molecule has 0 saturated carbocycles. The van der Waals surface area contributed by atoms with E-state index in [1.54, 1.807) is 0 Å². The highest BCUT2D eigenvalue weighted by molar-refractivity contribution is 6.34. The van der Waals surface area contributed by atoms with Gasteiger partial charge in [0.05, 0.1) is 15.7 Å². The van der Waals surface area contributed by atoms with Gasteiger partial charge in [0.25, 0.3) is 5.91 Å². The number of para-hydroxylation sites is 1. The standard InChI is InChI=1S/C25H25Cl2FN6O2/c1-32(2)16-8-10-33(11-9-16)21-7-6-15(12-19(21)27)30-25-29-13-17-23(31-25)36-14-34(24(17)35)22-18(26)4-3-5-20(22)28/h3-7,12-13,16H,8-11,14H2,1-2H3,(H,29,30,31). The molecule has 36 heavy (non-hydrogen) atoms. The molecule has 0 unspecified atom stereocenters. The number of nitrogens with one attached hydrogen (secondary N) is 1. The number of carbonyl (C=O) groups excluding carboxylic acids is 1. The van der Waals surface area contributed by atoms with Crippen LogP contribution in [-0.4, -0.2) is 60.7 Å². The van der Waals surface area contributed by atoms with Crippen molar-refractivity contribution in [3.8, 4) is 5.88 Å². The van der Waals surface area contributed by atoms with Gasteiger partial charge < -0.3 is 19.9 Å². The number of anilines is 4. The first kappa shape index (κ1) is 24.5. The van der Waals surface area contributed by atoms with E-state index in [0.717, 1.165) is 36.5 Å². The van der Waals surface area contributed by atoms with Crippen molar-refractivity contribution in [1.29, 1.82) is 0 Å². The van der Waals surface area contributed by atoms with Gasteiger partial charge in [-0.2, -0.15) is 4.98 Å². The van der Waals surface area contributed by atoms with Gasteiger partial charge in [-0.25, -0.2) is 9.37 Å². The van der Waals surface area contributed by atoms with E-state index >= 15 is 0 Å². The molecule has 3 heterocycles. The minimum Gasteiger partial charge on any atom is -0.455 e. The fourth-order valence-corrected chi connectivity index (χ4v) is 5.08. The van der Waals surface area contributed by atoms with Crippen LogP contribution in [0.1, 0.15) is 23.2 Å². The zero-order valence-electron chi connectivity index (χ0n) is 19.8. The SMILES string of the molecule is CN(C)C1CCN(c2ccc(Nc3ncc4c(n3)OCN(c3c(F)cccc3Cl)C4=O)cc2Cl)CC1. The van der Waals surface area contributed by atoms with E-state index in [9.17, 15) is 9.18 Å². The molecule has 188 valence electrons. The van der Waals surface area contributed by atoms with Gasteiger partial charge in [-0.3, -0.25) is 9.69 Å². The Morgan fingerprint density at radius 3 is 2.61 bits per heavy atom. The number of nitrogens with zero attached hydrogens (tertiary/aromatic N) is 5. The lowest BCUT2D eigenvalue weighted by molar-refractivity contribution is 0.0931. The van der Waals surface area contributed by atoms with Crippen LogP contribution < -0.4 is 19.9 Å². The van der Waals surface area contributed by atoms with Gasteiger partial charge in [0.1, 0.15) is 17.1 Å². The highest BCUT2D eigenvalue weighted by atomic mass is 35.5. The molecule has 0 atom stereocenters. The Bertz CT molecular complexity index is 1280. The molecule has 1 amide bonds. The number of amides is 1. The first-order chi connectivity index (χ1) is 17.3. The summed E-state index contributed by atoms with van der Waals surface area (Å²) in [6.07, 6.45) is 3.52. The van der Waals surface area contributed by atoms with E-state index < -0.39 is 11.7 Å². The van der Waals surface area contributed by atoms with E-state index in [0.29, 0.717) is 16.8 Å². The van der Waals surface area contributed by atoms with Crippen LogP contribution in [0.15, 0.2) is 42.6 Å². The summed E-state index contributed by atoms with van der Waals surface area (Å²) in [5.41, 5.74) is 1.76. The van der Waals surface area contributed by atoms with Crippen LogP contribution >= 0.6 is 23.2 Å². The molecule has 2 aliphatic rings. The van der Waals surface area contributed by atoms with Crippen molar-refractivity contribution in [2.45, 2.75) is 18.9 Å². The molecule has 8 nitrogen and oxygen atoms in total. The lowest BCUT2D eigenvalue weighted by atomic mass is 10.0. The summed E-state index contributed by atoms with van der Waals surface area (Å²) in [6, 6.07) is 10.5. The zero-order chi connectivity index (χ0) is 25.4. The molecule has 1 saturated heterocycles. The molecule has 2 aromatic carbocycles. The molecule has 1 fully saturated rings. The van der Waals surface area contributed by atoms with Crippen molar-refractivity contribution < 1.29 is 13.9 Å². The molecule has 0 aliphatic carbocycles. The Morgan fingerprint density at radius 1 is 1.14 bits per heavy atom. The fourth-order valence-electron chi connectivity index (χ4n) is 4.52. The van der Waals surface area contributed by atoms with E-state index in [-0.39, 0.29) is 34.8 Å². The maximum atomic E-state index is 14.3. The Labute approximate surface area is 218 Å². The normalized spacial score (nSPS) is 16.2. The van der Waals surface area contributed by atoms with Gasteiger partial charge in [-0.05, 0) is 57.3 Å². The highest BCUT2D eigenvalue weighted by Crippen LogP contribution is 2.35. The number of fused-ring (bicyclic) bond motifs is 1. The van der Waals surface area contributed by atoms with Gasteiger partial charge >= 0.3 is 0 Å². The second kappa shape index (κ2) is 10.1. The fraction of sp³-hybridized carbons (Fsp3) is 0.320. The average Bonchev–Trinajstić information content (AvgIpc) is 2.85. The average molecular weight is 531 g/mol. The van der Waals surface area contributed by atoms with Crippen LogP contribution in [0.4, 0.5) is 27.4 Å². The first-order valence-electron chi connectivity index (χ1n) is 11.6. The number of piperidine rings is 1. The zero-order valence-corrected chi connectivity index (χ0v) is 21.4. The predicted molar refractivity (Wildman–Crippen MR) is 139 cm³/mol. The number of carbonyl (C=O) groups is 1. The second-order valence-corrected chi connectivity index (χ2v) is 9.78. The minimum absolute atomic E-state index is 0.0438. The molecular formula is C25H25Cl2FN6O2. The predicted octanol–water partition coefficient (Wildman–Crippen LogP) is 5.19. The molecule has 0 bridgehead atoms. The number of rotatable bonds is 5. The highest BCUT2D eigenvalue weighted by Gasteiger charge is 2.32. The van der Waals surface area contributed by atoms with Crippen LogP contribution in [0, 0.1) is 5.82 Å². The van der Waals surface area contributed by atoms with Gasteiger partial charge in [-0.15, -0.1) is 0 Å². The summed E-state index contributed by atoms with van der Waals surface area (Å²) in [5, 5.41) is 3.84. The summed E-state index contributed by atoms with van der Waals surface area (Å²) in [6.45, 7) is 1.67. The van der Waals surface area contributed by atoms with Gasteiger partial charge in [0.15, 0.2) is 6.73 Å². The number of aromatic nitrogens is 2.